The summed E-state index contributed by atoms with van der Waals surface area (Å²) in [6.45, 7) is 4.85. The van der Waals surface area contributed by atoms with E-state index in [1.807, 2.05) is 23.9 Å². The van der Waals surface area contributed by atoms with Gasteiger partial charge in [0, 0.05) is 44.8 Å². The highest BCUT2D eigenvalue weighted by molar-refractivity contribution is 7.71. The molecular weight excluding hydrogens is 334 g/mol. The highest BCUT2D eigenvalue weighted by Gasteiger charge is 2.29. The van der Waals surface area contributed by atoms with E-state index in [-0.39, 0.29) is 0 Å². The van der Waals surface area contributed by atoms with Crippen molar-refractivity contribution in [1.29, 1.82) is 0 Å². The summed E-state index contributed by atoms with van der Waals surface area (Å²) in [5, 5.41) is 4.77. The van der Waals surface area contributed by atoms with Crippen LogP contribution in [0.15, 0.2) is 24.3 Å². The molecule has 0 spiro atoms. The predicted molar refractivity (Wildman–Crippen MR) is 101 cm³/mol. The Morgan fingerprint density at radius 3 is 2.40 bits per heavy atom. The monoisotopic (exact) mass is 359 g/mol. The van der Waals surface area contributed by atoms with Gasteiger partial charge in [0.2, 0.25) is 0 Å². The van der Waals surface area contributed by atoms with Gasteiger partial charge in [-0.3, -0.25) is 4.90 Å². The Morgan fingerprint density at radius 2 is 1.80 bits per heavy atom. The normalized spacial score (nSPS) is 18.6. The number of ether oxygens (including phenoxy) is 1. The third-order valence-corrected chi connectivity index (χ3v) is 5.65. The van der Waals surface area contributed by atoms with Gasteiger partial charge in [0.1, 0.15) is 11.6 Å². The third-order valence-electron chi connectivity index (χ3n) is 5.16. The lowest BCUT2D eigenvalue weighted by Crippen LogP contribution is -2.47. The lowest BCUT2D eigenvalue weighted by atomic mass is 10.2. The van der Waals surface area contributed by atoms with Gasteiger partial charge >= 0.3 is 0 Å². The van der Waals surface area contributed by atoms with Crippen molar-refractivity contribution in [2.24, 2.45) is 7.05 Å². The molecule has 1 aromatic carbocycles. The average molecular weight is 359 g/mol. The maximum absolute atomic E-state index is 5.57. The number of benzene rings is 1. The second kappa shape index (κ2) is 6.80. The van der Waals surface area contributed by atoms with Crippen molar-refractivity contribution in [1.82, 2.24) is 19.2 Å². The molecule has 0 bridgehead atoms. The Balaban J connectivity index is 1.37. The summed E-state index contributed by atoms with van der Waals surface area (Å²) in [6, 6.07) is 8.30. The number of aromatic nitrogens is 3. The molecule has 25 heavy (non-hydrogen) atoms. The van der Waals surface area contributed by atoms with Crippen molar-refractivity contribution < 1.29 is 4.74 Å². The summed E-state index contributed by atoms with van der Waals surface area (Å²) >= 11 is 5.57. The molecule has 7 heteroatoms. The Kier molecular flexibility index (Phi) is 4.52. The van der Waals surface area contributed by atoms with Crippen LogP contribution in [0.1, 0.15) is 24.6 Å². The molecule has 1 aromatic heterocycles. The molecule has 0 N–H and O–H groups in total. The summed E-state index contributed by atoms with van der Waals surface area (Å²) in [4.78, 5) is 4.85. The molecule has 134 valence electrons. The smallest absolute Gasteiger partial charge is 0.198 e. The topological polar surface area (TPSA) is 38.5 Å². The van der Waals surface area contributed by atoms with Crippen molar-refractivity contribution in [3.05, 3.63) is 34.9 Å². The molecule has 6 nitrogen and oxygen atoms in total. The van der Waals surface area contributed by atoms with Crippen LogP contribution in [-0.2, 0) is 13.7 Å². The molecule has 0 unspecified atom stereocenters. The predicted octanol–water partition coefficient (Wildman–Crippen LogP) is 2.62. The maximum Gasteiger partial charge on any atom is 0.198 e. The Morgan fingerprint density at radius 1 is 1.12 bits per heavy atom. The number of hydrogen-bond donors (Lipinski definition) is 0. The lowest BCUT2D eigenvalue weighted by molar-refractivity contribution is 0.194. The summed E-state index contributed by atoms with van der Waals surface area (Å²) in [5.41, 5.74) is 1.26. The van der Waals surface area contributed by atoms with Gasteiger partial charge in [-0.2, -0.15) is 5.10 Å². The number of rotatable bonds is 5. The fraction of sp³-hybridized carbons (Fsp3) is 0.556. The van der Waals surface area contributed by atoms with E-state index in [4.69, 9.17) is 22.1 Å². The van der Waals surface area contributed by atoms with Crippen molar-refractivity contribution in [3.8, 4) is 5.75 Å². The molecule has 1 aliphatic carbocycles. The summed E-state index contributed by atoms with van der Waals surface area (Å²) < 4.78 is 10.1. The summed E-state index contributed by atoms with van der Waals surface area (Å²) in [6.07, 6.45) is 2.50. The third kappa shape index (κ3) is 3.43. The number of piperazine rings is 1. The van der Waals surface area contributed by atoms with E-state index >= 15 is 0 Å². The number of hydrogen-bond acceptors (Lipinski definition) is 5. The SMILES string of the molecule is COc1ccc(N2CCN(Cn3nc(C4CC4)n(C)c3=S)CC2)cc1. The zero-order valence-electron chi connectivity index (χ0n) is 14.9. The number of methoxy groups -OCH3 is 1. The molecular formula is C18H25N5OS. The minimum Gasteiger partial charge on any atom is -0.497 e. The van der Waals surface area contributed by atoms with E-state index in [2.05, 4.69) is 26.5 Å². The van der Waals surface area contributed by atoms with E-state index in [9.17, 15) is 0 Å². The first kappa shape index (κ1) is 16.6. The fourth-order valence-corrected chi connectivity index (χ4v) is 3.62. The molecule has 2 heterocycles. The van der Waals surface area contributed by atoms with Crippen LogP contribution < -0.4 is 9.64 Å². The molecule has 2 fully saturated rings. The van der Waals surface area contributed by atoms with Gasteiger partial charge in [-0.1, -0.05) is 0 Å². The Labute approximate surface area is 153 Å². The molecule has 1 saturated carbocycles. The van der Waals surface area contributed by atoms with Crippen LogP contribution in [-0.4, -0.2) is 52.5 Å². The van der Waals surface area contributed by atoms with Crippen LogP contribution in [0.2, 0.25) is 0 Å². The lowest BCUT2D eigenvalue weighted by Gasteiger charge is -2.35. The minimum atomic E-state index is 0.625. The zero-order valence-corrected chi connectivity index (χ0v) is 15.7. The van der Waals surface area contributed by atoms with Gasteiger partial charge in [0.25, 0.3) is 0 Å². The van der Waals surface area contributed by atoms with Crippen molar-refractivity contribution in [2.75, 3.05) is 38.2 Å². The highest BCUT2D eigenvalue weighted by atomic mass is 32.1. The van der Waals surface area contributed by atoms with Crippen LogP contribution in [0.5, 0.6) is 5.75 Å². The largest absolute Gasteiger partial charge is 0.497 e. The summed E-state index contributed by atoms with van der Waals surface area (Å²) in [7, 11) is 3.74. The zero-order chi connectivity index (χ0) is 17.4. The minimum absolute atomic E-state index is 0.625. The van der Waals surface area contributed by atoms with Gasteiger partial charge in [0.05, 0.1) is 13.8 Å². The maximum atomic E-state index is 5.57. The standard InChI is InChI=1S/C18H25N5OS/c1-20-17(14-3-4-14)19-23(18(20)25)13-21-9-11-22(12-10-21)15-5-7-16(24-2)8-6-15/h5-8,14H,3-4,9-13H2,1-2H3. The Hall–Kier alpha value is -1.86. The second-order valence-electron chi connectivity index (χ2n) is 6.92. The Bertz CT molecular complexity index is 785. The van der Waals surface area contributed by atoms with Gasteiger partial charge < -0.3 is 14.2 Å². The average Bonchev–Trinajstić information content (AvgIpc) is 3.45. The second-order valence-corrected chi connectivity index (χ2v) is 7.28. The molecule has 1 aliphatic heterocycles. The summed E-state index contributed by atoms with van der Waals surface area (Å²) in [5.74, 6) is 2.68. The van der Waals surface area contributed by atoms with Crippen molar-refractivity contribution in [3.63, 3.8) is 0 Å². The highest BCUT2D eigenvalue weighted by Crippen LogP contribution is 2.38. The van der Waals surface area contributed by atoms with Crippen LogP contribution in [0.4, 0.5) is 5.69 Å². The van der Waals surface area contributed by atoms with Gasteiger partial charge in [-0.25, -0.2) is 4.68 Å². The quantitative estimate of drug-likeness (QED) is 0.768. The van der Waals surface area contributed by atoms with E-state index in [0.717, 1.165) is 49.2 Å². The van der Waals surface area contributed by atoms with Crippen molar-refractivity contribution in [2.45, 2.75) is 25.4 Å². The van der Waals surface area contributed by atoms with Crippen LogP contribution in [0.25, 0.3) is 0 Å². The van der Waals surface area contributed by atoms with Gasteiger partial charge in [-0.15, -0.1) is 0 Å². The number of anilines is 1. The van der Waals surface area contributed by atoms with E-state index < -0.39 is 0 Å². The van der Waals surface area contributed by atoms with Crippen LogP contribution >= 0.6 is 12.2 Å². The molecule has 1 saturated heterocycles. The van der Waals surface area contributed by atoms with E-state index in [1.165, 1.54) is 18.5 Å². The van der Waals surface area contributed by atoms with E-state index in [0.29, 0.717) is 5.92 Å². The molecule has 0 radical (unpaired) electrons. The van der Waals surface area contributed by atoms with Gasteiger partial charge in [-0.05, 0) is 49.3 Å². The van der Waals surface area contributed by atoms with Gasteiger partial charge in [0.15, 0.2) is 4.77 Å². The molecule has 0 atom stereocenters. The van der Waals surface area contributed by atoms with Crippen LogP contribution in [0.3, 0.4) is 0 Å². The fourth-order valence-electron chi connectivity index (χ4n) is 3.42. The molecule has 2 aromatic rings. The first-order valence-corrected chi connectivity index (χ1v) is 9.31. The first-order chi connectivity index (χ1) is 12.2. The molecule has 4 rings (SSSR count). The first-order valence-electron chi connectivity index (χ1n) is 8.91. The van der Waals surface area contributed by atoms with Crippen LogP contribution in [0, 0.1) is 4.77 Å². The molecule has 2 aliphatic rings. The van der Waals surface area contributed by atoms with Crippen molar-refractivity contribution >= 4 is 17.9 Å². The molecule has 0 amide bonds. The van der Waals surface area contributed by atoms with E-state index in [1.54, 1.807) is 7.11 Å². The number of nitrogens with zero attached hydrogens (tertiary/aromatic N) is 5.